The van der Waals surface area contributed by atoms with E-state index in [0.717, 1.165) is 16.3 Å². The van der Waals surface area contributed by atoms with Crippen molar-refractivity contribution >= 4 is 16.7 Å². The van der Waals surface area contributed by atoms with Crippen molar-refractivity contribution in [2.75, 3.05) is 6.61 Å². The summed E-state index contributed by atoms with van der Waals surface area (Å²) < 4.78 is 11.5. The number of hydrogen-bond donors (Lipinski definition) is 1. The second-order valence-corrected chi connectivity index (χ2v) is 5.98. The van der Waals surface area contributed by atoms with Crippen molar-refractivity contribution in [2.24, 2.45) is 0 Å². The highest BCUT2D eigenvalue weighted by Gasteiger charge is 2.16. The number of ether oxygens (including phenoxy) is 2. The lowest BCUT2D eigenvalue weighted by atomic mass is 10.0. The van der Waals surface area contributed by atoms with Gasteiger partial charge in [0.05, 0.1) is 24.2 Å². The Morgan fingerprint density at radius 2 is 1.78 bits per heavy atom. The van der Waals surface area contributed by atoms with E-state index in [-0.39, 0.29) is 6.42 Å². The van der Waals surface area contributed by atoms with Crippen LogP contribution < -0.4 is 4.74 Å². The molecule has 3 rings (SSSR count). The van der Waals surface area contributed by atoms with E-state index >= 15 is 0 Å². The summed E-state index contributed by atoms with van der Waals surface area (Å²) in [6, 6.07) is 20.5. The topological polar surface area (TPSA) is 79.6 Å². The van der Waals surface area contributed by atoms with Gasteiger partial charge in [-0.25, -0.2) is 0 Å². The number of rotatable bonds is 7. The van der Waals surface area contributed by atoms with Gasteiger partial charge in [0.1, 0.15) is 11.5 Å². The molecule has 0 amide bonds. The number of carboxylic acids is 1. The molecule has 5 heteroatoms. The summed E-state index contributed by atoms with van der Waals surface area (Å²) in [5, 5.41) is 20.0. The van der Waals surface area contributed by atoms with E-state index < -0.39 is 12.1 Å². The van der Waals surface area contributed by atoms with E-state index in [0.29, 0.717) is 23.7 Å². The molecule has 0 heterocycles. The second-order valence-electron chi connectivity index (χ2n) is 5.98. The van der Waals surface area contributed by atoms with E-state index in [9.17, 15) is 10.1 Å². The molecule has 5 nitrogen and oxygen atoms in total. The van der Waals surface area contributed by atoms with E-state index in [1.807, 2.05) is 43.3 Å². The predicted molar refractivity (Wildman–Crippen MR) is 102 cm³/mol. The van der Waals surface area contributed by atoms with Gasteiger partial charge >= 0.3 is 5.97 Å². The Kier molecular flexibility index (Phi) is 5.70. The molecule has 0 saturated heterocycles. The van der Waals surface area contributed by atoms with E-state index in [4.69, 9.17) is 14.6 Å². The summed E-state index contributed by atoms with van der Waals surface area (Å²) >= 11 is 0. The Morgan fingerprint density at radius 1 is 1.07 bits per heavy atom. The lowest BCUT2D eigenvalue weighted by Gasteiger charge is -2.16. The maximum atomic E-state index is 11.0. The van der Waals surface area contributed by atoms with Crippen molar-refractivity contribution in [2.45, 2.75) is 19.4 Å². The van der Waals surface area contributed by atoms with Crippen molar-refractivity contribution in [1.29, 1.82) is 5.26 Å². The number of hydrogen-bond acceptors (Lipinski definition) is 4. The van der Waals surface area contributed by atoms with Gasteiger partial charge in [-0.3, -0.25) is 4.79 Å². The summed E-state index contributed by atoms with van der Waals surface area (Å²) in [5.74, 6) is 0.376. The highest BCUT2D eigenvalue weighted by Crippen LogP contribution is 2.32. The molecule has 3 aromatic rings. The number of fused-ring (bicyclic) bond motifs is 1. The van der Waals surface area contributed by atoms with E-state index in [1.54, 1.807) is 24.3 Å². The maximum absolute atomic E-state index is 11.0. The van der Waals surface area contributed by atoms with Gasteiger partial charge in [0.25, 0.3) is 0 Å². The Morgan fingerprint density at radius 3 is 2.41 bits per heavy atom. The molecular weight excluding hydrogens is 342 g/mol. The van der Waals surface area contributed by atoms with Crippen LogP contribution in [0.2, 0.25) is 0 Å². The Bertz CT molecular complexity index is 989. The predicted octanol–water partition coefficient (Wildman–Crippen LogP) is 5.06. The molecular formula is C22H19NO4. The zero-order valence-electron chi connectivity index (χ0n) is 14.9. The molecule has 0 aliphatic heterocycles. The fourth-order valence-corrected chi connectivity index (χ4v) is 2.97. The monoisotopic (exact) mass is 361 g/mol. The van der Waals surface area contributed by atoms with Crippen molar-refractivity contribution < 1.29 is 19.4 Å². The summed E-state index contributed by atoms with van der Waals surface area (Å²) in [6.07, 6.45) is -0.578. The third-order valence-electron chi connectivity index (χ3n) is 4.21. The van der Waals surface area contributed by atoms with Crippen molar-refractivity contribution in [3.63, 3.8) is 0 Å². The van der Waals surface area contributed by atoms with Crippen LogP contribution >= 0.6 is 0 Å². The summed E-state index contributed by atoms with van der Waals surface area (Å²) in [4.78, 5) is 11.0. The van der Waals surface area contributed by atoms with Gasteiger partial charge in [-0.1, -0.05) is 36.4 Å². The molecule has 0 aliphatic carbocycles. The smallest absolute Gasteiger partial charge is 0.306 e. The zero-order chi connectivity index (χ0) is 19.2. The van der Waals surface area contributed by atoms with Crippen LogP contribution in [0.25, 0.3) is 10.8 Å². The molecule has 27 heavy (non-hydrogen) atoms. The van der Waals surface area contributed by atoms with Crippen molar-refractivity contribution in [1.82, 2.24) is 0 Å². The highest BCUT2D eigenvalue weighted by atomic mass is 16.5. The Hall–Kier alpha value is -3.36. The largest absolute Gasteiger partial charge is 0.481 e. The molecule has 0 aromatic heterocycles. The SMILES string of the molecule is CCOC(CC(=O)O)c1ccc(Oc2ccc(C#N)c3ccccc23)cc1. The molecule has 1 unspecified atom stereocenters. The minimum atomic E-state index is -0.905. The lowest BCUT2D eigenvalue weighted by Crippen LogP contribution is -2.10. The van der Waals surface area contributed by atoms with Gasteiger partial charge in [-0.2, -0.15) is 5.26 Å². The minimum absolute atomic E-state index is 0.0890. The summed E-state index contributed by atoms with van der Waals surface area (Å²) in [7, 11) is 0. The van der Waals surface area contributed by atoms with Crippen LogP contribution in [0.1, 0.15) is 30.6 Å². The third kappa shape index (κ3) is 4.25. The summed E-state index contributed by atoms with van der Waals surface area (Å²) in [5.41, 5.74) is 1.39. The number of benzene rings is 3. The molecule has 1 atom stereocenters. The van der Waals surface area contributed by atoms with Crippen LogP contribution in [-0.4, -0.2) is 17.7 Å². The lowest BCUT2D eigenvalue weighted by molar-refractivity contribution is -0.140. The van der Waals surface area contributed by atoms with Crippen molar-refractivity contribution in [3.05, 3.63) is 71.8 Å². The number of nitrogens with zero attached hydrogens (tertiary/aromatic N) is 1. The van der Waals surface area contributed by atoms with Gasteiger partial charge in [0.15, 0.2) is 0 Å². The molecule has 0 bridgehead atoms. The molecule has 3 aromatic carbocycles. The number of carboxylic acid groups (broad SMARTS) is 1. The molecule has 0 saturated carbocycles. The Labute approximate surface area is 157 Å². The van der Waals surface area contributed by atoms with E-state index in [1.165, 1.54) is 0 Å². The van der Waals surface area contributed by atoms with Gasteiger partial charge in [0, 0.05) is 17.4 Å². The first-order valence-corrected chi connectivity index (χ1v) is 8.65. The van der Waals surface area contributed by atoms with E-state index in [2.05, 4.69) is 6.07 Å². The van der Waals surface area contributed by atoms with Gasteiger partial charge in [-0.15, -0.1) is 0 Å². The third-order valence-corrected chi connectivity index (χ3v) is 4.21. The van der Waals surface area contributed by atoms with Crippen LogP contribution in [0.3, 0.4) is 0 Å². The van der Waals surface area contributed by atoms with Crippen molar-refractivity contribution in [3.8, 4) is 17.6 Å². The molecule has 0 radical (unpaired) electrons. The first-order valence-electron chi connectivity index (χ1n) is 8.65. The average molecular weight is 361 g/mol. The first-order chi connectivity index (χ1) is 13.1. The summed E-state index contributed by atoms with van der Waals surface area (Å²) in [6.45, 7) is 2.27. The average Bonchev–Trinajstić information content (AvgIpc) is 2.68. The first kappa shape index (κ1) is 18.4. The normalized spacial score (nSPS) is 11.7. The fraction of sp³-hybridized carbons (Fsp3) is 0.182. The number of aliphatic carboxylic acids is 1. The maximum Gasteiger partial charge on any atom is 0.306 e. The minimum Gasteiger partial charge on any atom is -0.481 e. The fourth-order valence-electron chi connectivity index (χ4n) is 2.97. The van der Waals surface area contributed by atoms with Gasteiger partial charge < -0.3 is 14.6 Å². The van der Waals surface area contributed by atoms with Crippen LogP contribution in [0.5, 0.6) is 11.5 Å². The number of nitriles is 1. The quantitative estimate of drug-likeness (QED) is 0.636. The standard InChI is InChI=1S/C22H19NO4/c1-2-26-21(13-22(24)25)15-7-10-17(11-8-15)27-20-12-9-16(14-23)18-5-3-4-6-19(18)20/h3-12,21H,2,13H2,1H3,(H,24,25). The number of carbonyl (C=O) groups is 1. The molecule has 0 fully saturated rings. The molecule has 0 spiro atoms. The van der Waals surface area contributed by atoms with Gasteiger partial charge in [-0.05, 0) is 36.8 Å². The second kappa shape index (κ2) is 8.35. The highest BCUT2D eigenvalue weighted by molar-refractivity contribution is 5.92. The molecule has 136 valence electrons. The van der Waals surface area contributed by atoms with Crippen LogP contribution in [0, 0.1) is 11.3 Å². The van der Waals surface area contributed by atoms with Crippen LogP contribution in [0.4, 0.5) is 0 Å². The molecule has 0 aliphatic rings. The van der Waals surface area contributed by atoms with Gasteiger partial charge in [0.2, 0.25) is 0 Å². The van der Waals surface area contributed by atoms with Crippen LogP contribution in [-0.2, 0) is 9.53 Å². The Balaban J connectivity index is 1.86. The molecule has 1 N–H and O–H groups in total. The zero-order valence-corrected chi connectivity index (χ0v) is 14.9. The van der Waals surface area contributed by atoms with Crippen LogP contribution in [0.15, 0.2) is 60.7 Å².